The zero-order chi connectivity index (χ0) is 59.2. The molecule has 0 radical (unpaired) electrons. The van der Waals surface area contributed by atoms with Crippen LogP contribution in [0.2, 0.25) is 0 Å². The zero-order valence-electron chi connectivity index (χ0n) is 54.5. The molecule has 474 valence electrons. The maximum Gasteiger partial charge on any atom is 0.307 e. The lowest BCUT2D eigenvalue weighted by Gasteiger charge is -2.37. The molecule has 0 aromatic carbocycles. The first kappa shape index (κ1) is 78.2. The van der Waals surface area contributed by atoms with Gasteiger partial charge in [-0.15, -0.1) is 0 Å². The molecule has 81 heavy (non-hydrogen) atoms. The van der Waals surface area contributed by atoms with Crippen LogP contribution in [0.4, 0.5) is 0 Å². The van der Waals surface area contributed by atoms with Gasteiger partial charge in [0.05, 0.1) is 0 Å². The third kappa shape index (κ3) is 50.3. The molecule has 0 saturated carbocycles. The topological polar surface area (TPSA) is 113 Å². The van der Waals surface area contributed by atoms with Crippen LogP contribution in [-0.2, 0) is 38.2 Å². The Hall–Kier alpha value is -2.77. The van der Waals surface area contributed by atoms with Gasteiger partial charge in [-0.25, -0.2) is 0 Å². The molecule has 0 N–H and O–H groups in total. The molecule has 0 aliphatic rings. The van der Waals surface area contributed by atoms with E-state index in [0.717, 1.165) is 122 Å². The van der Waals surface area contributed by atoms with Gasteiger partial charge in [0.2, 0.25) is 0 Å². The second-order valence-corrected chi connectivity index (χ2v) is 24.5. The molecule has 0 spiro atoms. The van der Waals surface area contributed by atoms with E-state index in [9.17, 15) is 14.4 Å². The van der Waals surface area contributed by atoms with Crippen LogP contribution in [0.25, 0.3) is 0 Å². The molecule has 0 heterocycles. The minimum atomic E-state index is -2.39. The number of ketones is 2. The number of carbonyl (C=O) groups is 5. The smallest absolute Gasteiger partial charge is 0.307 e. The summed E-state index contributed by atoms with van der Waals surface area (Å²) < 4.78 is 18.0. The monoisotopic (exact) mass is 1140 g/mol. The molecular formula is C73H134O8. The highest BCUT2D eigenvalue weighted by atomic mass is 16.6. The van der Waals surface area contributed by atoms with Gasteiger partial charge < -0.3 is 14.2 Å². The van der Waals surface area contributed by atoms with Crippen molar-refractivity contribution in [2.75, 3.05) is 6.61 Å². The largest absolute Gasteiger partial charge is 0.462 e. The fraction of sp³-hybridized carbons (Fsp3) is 0.877. The van der Waals surface area contributed by atoms with Crippen molar-refractivity contribution in [3.8, 4) is 0 Å². The molecule has 0 saturated heterocycles. The van der Waals surface area contributed by atoms with Gasteiger partial charge >= 0.3 is 17.9 Å². The Labute approximate surface area is 502 Å². The van der Waals surface area contributed by atoms with Gasteiger partial charge in [-0.05, 0) is 77.0 Å². The average molecular weight is 1140 g/mol. The Morgan fingerprint density at radius 1 is 0.309 bits per heavy atom. The first-order chi connectivity index (χ1) is 39.7. The van der Waals surface area contributed by atoms with Crippen LogP contribution in [0.3, 0.4) is 0 Å². The van der Waals surface area contributed by atoms with Crippen LogP contribution in [0.15, 0.2) is 24.3 Å². The predicted octanol–water partition coefficient (Wildman–Crippen LogP) is 22.9. The van der Waals surface area contributed by atoms with Crippen LogP contribution in [0.1, 0.15) is 394 Å². The number of carbonyl (C=O) groups excluding carboxylic acids is 5. The van der Waals surface area contributed by atoms with E-state index in [1.165, 1.54) is 193 Å². The molecule has 8 heteroatoms. The van der Waals surface area contributed by atoms with E-state index in [1.807, 2.05) is 0 Å². The van der Waals surface area contributed by atoms with Crippen molar-refractivity contribution in [2.45, 2.75) is 406 Å². The maximum atomic E-state index is 15.0. The third-order valence-corrected chi connectivity index (χ3v) is 16.6. The molecule has 0 rings (SSSR count). The van der Waals surface area contributed by atoms with Crippen molar-refractivity contribution in [3.63, 3.8) is 0 Å². The quantitative estimate of drug-likeness (QED) is 0.0195. The summed E-state index contributed by atoms with van der Waals surface area (Å²) in [5.74, 6) is -2.95. The van der Waals surface area contributed by atoms with Crippen LogP contribution in [0.5, 0.6) is 0 Å². The number of hydrogen-bond donors (Lipinski definition) is 0. The molecule has 8 nitrogen and oxygen atoms in total. The molecule has 2 atom stereocenters. The number of allylic oxidation sites excluding steroid dienone is 4. The van der Waals surface area contributed by atoms with Crippen molar-refractivity contribution < 1.29 is 38.2 Å². The fourth-order valence-corrected chi connectivity index (χ4v) is 11.2. The van der Waals surface area contributed by atoms with Crippen LogP contribution in [-0.4, -0.2) is 47.8 Å². The van der Waals surface area contributed by atoms with Crippen LogP contribution < -0.4 is 0 Å². The van der Waals surface area contributed by atoms with Crippen LogP contribution in [0, 0.1) is 0 Å². The first-order valence-electron chi connectivity index (χ1n) is 35.6. The normalized spacial score (nSPS) is 12.8. The van der Waals surface area contributed by atoms with Gasteiger partial charge in [-0.2, -0.15) is 0 Å². The summed E-state index contributed by atoms with van der Waals surface area (Å²) in [5.41, 5.74) is -2.39. The Kier molecular flexibility index (Phi) is 59.7. The summed E-state index contributed by atoms with van der Waals surface area (Å²) in [7, 11) is 0. The molecule has 0 aromatic heterocycles. The molecule has 0 fully saturated rings. The fourth-order valence-electron chi connectivity index (χ4n) is 11.2. The molecular weight excluding hydrogens is 1000 g/mol. The lowest BCUT2D eigenvalue weighted by molar-refractivity contribution is -0.199. The number of rotatable bonds is 65. The van der Waals surface area contributed by atoms with E-state index in [4.69, 9.17) is 14.2 Å². The predicted molar refractivity (Wildman–Crippen MR) is 345 cm³/mol. The number of unbranched alkanes of at least 4 members (excludes halogenated alkanes) is 46. The summed E-state index contributed by atoms with van der Waals surface area (Å²) in [6, 6.07) is 0. The van der Waals surface area contributed by atoms with E-state index in [-0.39, 0.29) is 25.7 Å². The van der Waals surface area contributed by atoms with Crippen molar-refractivity contribution in [1.82, 2.24) is 0 Å². The summed E-state index contributed by atoms with van der Waals surface area (Å²) in [6.07, 6.45) is 67.0. The Balaban J connectivity index is 6.07. The van der Waals surface area contributed by atoms with Gasteiger partial charge in [-0.1, -0.05) is 309 Å². The van der Waals surface area contributed by atoms with Crippen molar-refractivity contribution in [2.24, 2.45) is 0 Å². The number of hydrogen-bond acceptors (Lipinski definition) is 8. The van der Waals surface area contributed by atoms with E-state index in [0.29, 0.717) is 25.7 Å². The second kappa shape index (κ2) is 61.8. The van der Waals surface area contributed by atoms with E-state index in [2.05, 4.69) is 52.0 Å². The summed E-state index contributed by atoms with van der Waals surface area (Å²) >= 11 is 0. The number of esters is 3. The second-order valence-electron chi connectivity index (χ2n) is 24.5. The van der Waals surface area contributed by atoms with Crippen molar-refractivity contribution >= 4 is 29.5 Å². The SMILES string of the molecule is CCCCCCCC/C=C\CCCCCCCC(=O)OC(COC(C)=O)C(OC(=O)CCCCCCCCCCCCCCC)(C(=O)CCCCCCC/C=C\CCCCCCCC)C(=O)CCCCCCCCCCCCCCC. The average Bonchev–Trinajstić information content (AvgIpc) is 3.45. The maximum absolute atomic E-state index is 15.0. The Bertz CT molecular complexity index is 1490. The first-order valence-corrected chi connectivity index (χ1v) is 35.6. The molecule has 0 amide bonds. The highest BCUT2D eigenvalue weighted by Gasteiger charge is 2.57. The van der Waals surface area contributed by atoms with Gasteiger partial charge in [0.1, 0.15) is 6.61 Å². The lowest BCUT2D eigenvalue weighted by Crippen LogP contribution is -2.61. The molecule has 2 unspecified atom stereocenters. The number of ether oxygens (including phenoxy) is 3. The van der Waals surface area contributed by atoms with Crippen molar-refractivity contribution in [1.29, 1.82) is 0 Å². The molecule has 0 aromatic rings. The highest BCUT2D eigenvalue weighted by molar-refractivity contribution is 6.12. The number of Topliss-reactive ketones (excluding diaryl/α,β-unsaturated/α-hetero) is 2. The van der Waals surface area contributed by atoms with Gasteiger partial charge in [0.25, 0.3) is 5.60 Å². The Morgan fingerprint density at radius 3 is 0.815 bits per heavy atom. The minimum Gasteiger partial charge on any atom is -0.462 e. The zero-order valence-corrected chi connectivity index (χ0v) is 54.5. The van der Waals surface area contributed by atoms with E-state index in [1.54, 1.807) is 0 Å². The lowest BCUT2D eigenvalue weighted by atomic mass is 9.82. The van der Waals surface area contributed by atoms with Gasteiger partial charge in [0, 0.05) is 32.6 Å². The third-order valence-electron chi connectivity index (χ3n) is 16.6. The van der Waals surface area contributed by atoms with Gasteiger partial charge in [-0.3, -0.25) is 24.0 Å². The summed E-state index contributed by atoms with van der Waals surface area (Å²) in [5, 5.41) is 0. The van der Waals surface area contributed by atoms with Gasteiger partial charge in [0.15, 0.2) is 17.7 Å². The van der Waals surface area contributed by atoms with Crippen LogP contribution >= 0.6 is 0 Å². The summed E-state index contributed by atoms with van der Waals surface area (Å²) in [4.78, 5) is 70.6. The molecule has 0 bridgehead atoms. The molecule has 0 aliphatic carbocycles. The Morgan fingerprint density at radius 2 is 0.543 bits per heavy atom. The van der Waals surface area contributed by atoms with E-state index < -0.39 is 47.8 Å². The molecule has 0 aliphatic heterocycles. The highest BCUT2D eigenvalue weighted by Crippen LogP contribution is 2.31. The summed E-state index contributed by atoms with van der Waals surface area (Å²) in [6.45, 7) is 9.74. The standard InChI is InChI=1S/C73H134O8/c1-6-10-14-18-22-26-30-34-36-40-43-47-51-55-59-63-69(76)73(68(75)62-58-54-50-46-42-38-32-28-24-20-16-12-8-3,81-72(78)65-61-57-53-49-45-39-33-29-25-21-17-13-9-4)70(66-79-67(5)74)80-71(77)64-60-56-52-48-44-41-37-35-31-27-23-19-15-11-7-2/h34-37,70H,6-33,38-66H2,1-5H3/b36-34-,37-35-. The van der Waals surface area contributed by atoms with Crippen molar-refractivity contribution in [3.05, 3.63) is 24.3 Å². The minimum absolute atomic E-state index is 0.00309. The van der Waals surface area contributed by atoms with E-state index >= 15 is 9.59 Å².